The van der Waals surface area contributed by atoms with E-state index in [2.05, 4.69) is 5.32 Å². The molecule has 2 aromatic carbocycles. The number of hydrogen-bond acceptors (Lipinski definition) is 6. The van der Waals surface area contributed by atoms with Crippen molar-refractivity contribution >= 4 is 23.1 Å². The number of ketones is 1. The van der Waals surface area contributed by atoms with Gasteiger partial charge in [0.15, 0.2) is 11.5 Å². The molecule has 2 atom stereocenters. The zero-order valence-electron chi connectivity index (χ0n) is 19.6. The van der Waals surface area contributed by atoms with Crippen molar-refractivity contribution < 1.29 is 23.2 Å². The zero-order chi connectivity index (χ0) is 24.6. The molecule has 0 unspecified atom stereocenters. The minimum atomic E-state index is -0.727. The van der Waals surface area contributed by atoms with Crippen LogP contribution in [-0.4, -0.2) is 18.8 Å². The lowest BCUT2D eigenvalue weighted by Crippen LogP contribution is -2.38. The van der Waals surface area contributed by atoms with E-state index in [0.717, 1.165) is 22.7 Å². The van der Waals surface area contributed by atoms with Crippen LogP contribution >= 0.6 is 0 Å². The molecule has 180 valence electrons. The third kappa shape index (κ3) is 3.60. The number of benzene rings is 2. The van der Waals surface area contributed by atoms with Gasteiger partial charge in [-0.2, -0.15) is 0 Å². The van der Waals surface area contributed by atoms with Crippen LogP contribution in [-0.2, 0) is 4.79 Å². The normalized spacial score (nSPS) is 19.2. The summed E-state index contributed by atoms with van der Waals surface area (Å²) in [5.74, 6) is 1.05. The Kier molecular flexibility index (Phi) is 5.45. The lowest BCUT2D eigenvalue weighted by atomic mass is 9.79. The molecule has 0 saturated heterocycles. The quantitative estimate of drug-likeness (QED) is 0.380. The number of ether oxygens (including phenoxy) is 1. The van der Waals surface area contributed by atoms with E-state index in [-0.39, 0.29) is 29.8 Å². The van der Waals surface area contributed by atoms with Gasteiger partial charge >= 0.3 is 0 Å². The number of rotatable bonds is 4. The molecule has 0 radical (unpaired) electrons. The van der Waals surface area contributed by atoms with Gasteiger partial charge in [-0.1, -0.05) is 30.3 Å². The van der Waals surface area contributed by atoms with Crippen LogP contribution in [0.15, 0.2) is 105 Å². The Morgan fingerprint density at radius 1 is 0.944 bits per heavy atom. The number of carbonyl (C=O) groups is 2. The highest BCUT2D eigenvalue weighted by molar-refractivity contribution is 6.11. The number of nitrogens with one attached hydrogen (secondary N) is 1. The highest BCUT2D eigenvalue weighted by Crippen LogP contribution is 2.49. The minimum absolute atomic E-state index is 0.0499. The van der Waals surface area contributed by atoms with Gasteiger partial charge in [-0.15, -0.1) is 0 Å². The SMILES string of the molecule is COc1ccccc1[C@H]1C2=C(C[C@@H](c3ccco3)CC2=O)Nc2ccccc2N1C(=O)c1ccco1. The number of hydrogen-bond donors (Lipinski definition) is 1. The van der Waals surface area contributed by atoms with Gasteiger partial charge in [0.25, 0.3) is 5.91 Å². The Morgan fingerprint density at radius 2 is 1.72 bits per heavy atom. The number of Topliss-reactive ketones (excluding diaryl/α,β-unsaturated/α-hetero) is 1. The molecular formula is C29H24N2O5. The summed E-state index contributed by atoms with van der Waals surface area (Å²) in [6.07, 6.45) is 3.94. The van der Waals surface area contributed by atoms with Crippen molar-refractivity contribution in [2.75, 3.05) is 17.3 Å². The summed E-state index contributed by atoms with van der Waals surface area (Å²) < 4.78 is 16.9. The number of nitrogens with zero attached hydrogens (tertiary/aromatic N) is 1. The Bertz CT molecular complexity index is 1450. The highest BCUT2D eigenvalue weighted by atomic mass is 16.5. The Labute approximate surface area is 208 Å². The van der Waals surface area contributed by atoms with Gasteiger partial charge in [-0.25, -0.2) is 0 Å². The molecule has 36 heavy (non-hydrogen) atoms. The number of allylic oxidation sites excluding steroid dienone is 1. The maximum Gasteiger partial charge on any atom is 0.294 e. The first-order chi connectivity index (χ1) is 17.7. The van der Waals surface area contributed by atoms with E-state index in [4.69, 9.17) is 13.6 Å². The van der Waals surface area contributed by atoms with Gasteiger partial charge in [0.2, 0.25) is 0 Å². The van der Waals surface area contributed by atoms with Crippen LogP contribution in [0.1, 0.15) is 46.7 Å². The lowest BCUT2D eigenvalue weighted by molar-refractivity contribution is -0.116. The summed E-state index contributed by atoms with van der Waals surface area (Å²) in [5, 5.41) is 3.50. The highest BCUT2D eigenvalue weighted by Gasteiger charge is 2.43. The van der Waals surface area contributed by atoms with E-state index in [0.29, 0.717) is 23.4 Å². The molecule has 1 aliphatic carbocycles. The van der Waals surface area contributed by atoms with Gasteiger partial charge in [-0.3, -0.25) is 14.5 Å². The molecule has 6 rings (SSSR count). The number of carbonyl (C=O) groups excluding carboxylic acids is 2. The van der Waals surface area contributed by atoms with Gasteiger partial charge in [0.1, 0.15) is 11.5 Å². The first-order valence-corrected chi connectivity index (χ1v) is 11.8. The fourth-order valence-electron chi connectivity index (χ4n) is 5.24. The fraction of sp³-hybridized carbons (Fsp3) is 0.172. The molecule has 7 nitrogen and oxygen atoms in total. The second kappa shape index (κ2) is 8.92. The standard InChI is InChI=1S/C29H24N2O5/c1-34-25-11-5-2-8-19(25)28-27-21(16-18(17-23(27)32)24-12-6-14-35-24)30-20-9-3-4-10-22(20)31(28)29(33)26-13-7-15-36-26/h2-15,18,28,30H,16-17H2,1H3/t18-,28+/m1/s1. The predicted molar refractivity (Wildman–Crippen MR) is 134 cm³/mol. The molecule has 0 fully saturated rings. The van der Waals surface area contributed by atoms with E-state index in [9.17, 15) is 9.59 Å². The van der Waals surface area contributed by atoms with Crippen LogP contribution in [0.25, 0.3) is 0 Å². The van der Waals surface area contributed by atoms with E-state index in [1.165, 1.54) is 6.26 Å². The molecular weight excluding hydrogens is 456 g/mol. The summed E-state index contributed by atoms with van der Waals surface area (Å²) in [7, 11) is 1.59. The minimum Gasteiger partial charge on any atom is -0.496 e. The number of amides is 1. The van der Waals surface area contributed by atoms with Crippen molar-refractivity contribution in [3.63, 3.8) is 0 Å². The summed E-state index contributed by atoms with van der Waals surface area (Å²) in [5.41, 5.74) is 3.40. The molecule has 1 amide bonds. The van der Waals surface area contributed by atoms with Gasteiger partial charge < -0.3 is 18.9 Å². The third-order valence-corrected chi connectivity index (χ3v) is 6.82. The molecule has 2 aromatic heterocycles. The van der Waals surface area contributed by atoms with Crippen LogP contribution in [0.2, 0.25) is 0 Å². The van der Waals surface area contributed by atoms with E-state index >= 15 is 0 Å². The number of furan rings is 2. The molecule has 1 N–H and O–H groups in total. The van der Waals surface area contributed by atoms with Gasteiger partial charge in [0, 0.05) is 29.2 Å². The maximum atomic E-state index is 14.0. The van der Waals surface area contributed by atoms with Crippen LogP contribution in [0, 0.1) is 0 Å². The summed E-state index contributed by atoms with van der Waals surface area (Å²) >= 11 is 0. The molecule has 0 saturated carbocycles. The van der Waals surface area contributed by atoms with Crippen molar-refractivity contribution in [1.29, 1.82) is 0 Å². The van der Waals surface area contributed by atoms with Crippen LogP contribution in [0.4, 0.5) is 11.4 Å². The van der Waals surface area contributed by atoms with Gasteiger partial charge in [0.05, 0.1) is 37.1 Å². The molecule has 4 aromatic rings. The number of para-hydroxylation sites is 3. The second-order valence-electron chi connectivity index (χ2n) is 8.88. The third-order valence-electron chi connectivity index (χ3n) is 6.82. The van der Waals surface area contributed by atoms with E-state index in [1.807, 2.05) is 60.7 Å². The van der Waals surface area contributed by atoms with Crippen molar-refractivity contribution in [1.82, 2.24) is 0 Å². The summed E-state index contributed by atoms with van der Waals surface area (Å²) in [4.78, 5) is 29.6. The topological polar surface area (TPSA) is 84.9 Å². The van der Waals surface area contributed by atoms with Crippen LogP contribution in [0.5, 0.6) is 5.75 Å². The second-order valence-corrected chi connectivity index (χ2v) is 8.88. The maximum absolute atomic E-state index is 14.0. The summed E-state index contributed by atoms with van der Waals surface area (Å²) in [6.45, 7) is 0. The van der Waals surface area contributed by atoms with Gasteiger partial charge in [-0.05, 0) is 48.9 Å². The number of methoxy groups -OCH3 is 1. The first-order valence-electron chi connectivity index (χ1n) is 11.8. The number of fused-ring (bicyclic) bond motifs is 1. The Balaban J connectivity index is 1.60. The number of anilines is 2. The van der Waals surface area contributed by atoms with E-state index < -0.39 is 6.04 Å². The van der Waals surface area contributed by atoms with Crippen molar-refractivity contribution in [3.8, 4) is 5.75 Å². The summed E-state index contributed by atoms with van der Waals surface area (Å²) in [6, 6.07) is 21.4. The van der Waals surface area contributed by atoms with Crippen molar-refractivity contribution in [2.45, 2.75) is 24.8 Å². The Morgan fingerprint density at radius 3 is 2.50 bits per heavy atom. The largest absolute Gasteiger partial charge is 0.496 e. The van der Waals surface area contributed by atoms with E-state index in [1.54, 1.807) is 30.4 Å². The lowest BCUT2D eigenvalue weighted by Gasteiger charge is -2.35. The monoisotopic (exact) mass is 480 g/mol. The molecule has 1 aliphatic heterocycles. The van der Waals surface area contributed by atoms with Crippen LogP contribution in [0.3, 0.4) is 0 Å². The molecule has 3 heterocycles. The van der Waals surface area contributed by atoms with Crippen molar-refractivity contribution in [2.24, 2.45) is 0 Å². The first kappa shape index (κ1) is 22.0. The molecule has 2 aliphatic rings. The molecule has 7 heteroatoms. The van der Waals surface area contributed by atoms with Crippen molar-refractivity contribution in [3.05, 3.63) is 114 Å². The average Bonchev–Trinajstić information content (AvgIpc) is 3.61. The zero-order valence-corrected chi connectivity index (χ0v) is 19.6. The smallest absolute Gasteiger partial charge is 0.294 e. The molecule has 0 spiro atoms. The molecule has 0 bridgehead atoms. The van der Waals surface area contributed by atoms with Crippen LogP contribution < -0.4 is 15.0 Å². The Hall–Kier alpha value is -4.52. The predicted octanol–water partition coefficient (Wildman–Crippen LogP) is 6.10. The average molecular weight is 481 g/mol. The fourth-order valence-corrected chi connectivity index (χ4v) is 5.24.